The van der Waals surface area contributed by atoms with Gasteiger partial charge < -0.3 is 9.73 Å². The SMILES string of the molecule is CCC(C)NCc1nnc(-c2ccc(Cl)cc2)o1. The lowest BCUT2D eigenvalue weighted by Gasteiger charge is -2.07. The number of rotatable bonds is 5. The molecule has 96 valence electrons. The molecule has 0 aliphatic rings. The van der Waals surface area contributed by atoms with Gasteiger partial charge in [-0.2, -0.15) is 0 Å². The summed E-state index contributed by atoms with van der Waals surface area (Å²) in [7, 11) is 0. The van der Waals surface area contributed by atoms with Gasteiger partial charge in [0.1, 0.15) is 0 Å². The van der Waals surface area contributed by atoms with Crippen LogP contribution >= 0.6 is 11.6 Å². The van der Waals surface area contributed by atoms with Gasteiger partial charge >= 0.3 is 0 Å². The summed E-state index contributed by atoms with van der Waals surface area (Å²) in [6, 6.07) is 7.77. The fourth-order valence-corrected chi connectivity index (χ4v) is 1.57. The zero-order chi connectivity index (χ0) is 13.0. The highest BCUT2D eigenvalue weighted by atomic mass is 35.5. The molecule has 2 aromatic rings. The van der Waals surface area contributed by atoms with Gasteiger partial charge in [-0.25, -0.2) is 0 Å². The highest BCUT2D eigenvalue weighted by Crippen LogP contribution is 2.20. The molecule has 0 bridgehead atoms. The predicted octanol–water partition coefficient (Wildman–Crippen LogP) is 3.28. The van der Waals surface area contributed by atoms with Crippen molar-refractivity contribution in [2.45, 2.75) is 32.9 Å². The van der Waals surface area contributed by atoms with Crippen LogP contribution < -0.4 is 5.32 Å². The van der Waals surface area contributed by atoms with Crippen LogP contribution in [0.1, 0.15) is 26.2 Å². The summed E-state index contributed by atoms with van der Waals surface area (Å²) >= 11 is 5.83. The fourth-order valence-electron chi connectivity index (χ4n) is 1.44. The number of benzene rings is 1. The van der Waals surface area contributed by atoms with Crippen LogP contribution in [-0.2, 0) is 6.54 Å². The maximum Gasteiger partial charge on any atom is 0.247 e. The molecule has 1 heterocycles. The molecule has 1 atom stereocenters. The van der Waals surface area contributed by atoms with Crippen LogP contribution in [-0.4, -0.2) is 16.2 Å². The minimum absolute atomic E-state index is 0.441. The molecule has 1 N–H and O–H groups in total. The van der Waals surface area contributed by atoms with Gasteiger partial charge in [0, 0.05) is 16.6 Å². The molecule has 0 fully saturated rings. The third kappa shape index (κ3) is 3.31. The Kier molecular flexibility index (Phi) is 4.33. The third-order valence-corrected chi connectivity index (χ3v) is 3.02. The minimum Gasteiger partial charge on any atom is -0.419 e. The summed E-state index contributed by atoms with van der Waals surface area (Å²) in [5.74, 6) is 1.12. The Morgan fingerprint density at radius 3 is 2.67 bits per heavy atom. The number of halogens is 1. The molecule has 4 nitrogen and oxygen atoms in total. The molecule has 1 unspecified atom stereocenters. The Balaban J connectivity index is 2.03. The molecule has 0 amide bonds. The molecule has 0 radical (unpaired) electrons. The first kappa shape index (κ1) is 13.1. The Labute approximate surface area is 111 Å². The van der Waals surface area contributed by atoms with Gasteiger partial charge in [0.05, 0.1) is 6.54 Å². The number of nitrogens with one attached hydrogen (secondary N) is 1. The van der Waals surface area contributed by atoms with Gasteiger partial charge in [-0.1, -0.05) is 18.5 Å². The van der Waals surface area contributed by atoms with E-state index < -0.39 is 0 Å². The highest BCUT2D eigenvalue weighted by molar-refractivity contribution is 6.30. The summed E-state index contributed by atoms with van der Waals surface area (Å²) in [6.07, 6.45) is 1.07. The van der Waals surface area contributed by atoms with Gasteiger partial charge in [-0.15, -0.1) is 10.2 Å². The van der Waals surface area contributed by atoms with E-state index in [4.69, 9.17) is 16.0 Å². The zero-order valence-corrected chi connectivity index (χ0v) is 11.2. The Hall–Kier alpha value is -1.39. The smallest absolute Gasteiger partial charge is 0.247 e. The first-order valence-electron chi connectivity index (χ1n) is 6.00. The molecule has 0 aliphatic heterocycles. The van der Waals surface area contributed by atoms with E-state index in [0.717, 1.165) is 12.0 Å². The highest BCUT2D eigenvalue weighted by Gasteiger charge is 2.08. The standard InChI is InChI=1S/C13H16ClN3O/c1-3-9(2)15-8-12-16-17-13(18-12)10-4-6-11(14)7-5-10/h4-7,9,15H,3,8H2,1-2H3. The van der Waals surface area contributed by atoms with Crippen molar-refractivity contribution in [3.63, 3.8) is 0 Å². The topological polar surface area (TPSA) is 51.0 Å². The first-order valence-corrected chi connectivity index (χ1v) is 6.38. The molecular weight excluding hydrogens is 250 g/mol. The molecule has 18 heavy (non-hydrogen) atoms. The van der Waals surface area contributed by atoms with Gasteiger partial charge in [0.15, 0.2) is 0 Å². The normalized spacial score (nSPS) is 12.6. The molecule has 0 saturated carbocycles. The number of hydrogen-bond donors (Lipinski definition) is 1. The molecule has 0 saturated heterocycles. The van der Waals surface area contributed by atoms with E-state index in [1.54, 1.807) is 12.1 Å². The van der Waals surface area contributed by atoms with Crippen LogP contribution in [0.25, 0.3) is 11.5 Å². The number of nitrogens with zero attached hydrogens (tertiary/aromatic N) is 2. The van der Waals surface area contributed by atoms with Crippen LogP contribution in [0.2, 0.25) is 5.02 Å². The minimum atomic E-state index is 0.441. The van der Waals surface area contributed by atoms with E-state index in [-0.39, 0.29) is 0 Å². The summed E-state index contributed by atoms with van der Waals surface area (Å²) in [6.45, 7) is 4.84. The van der Waals surface area contributed by atoms with Gasteiger partial charge in [-0.05, 0) is 37.6 Å². The summed E-state index contributed by atoms with van der Waals surface area (Å²) in [5.41, 5.74) is 0.877. The summed E-state index contributed by atoms with van der Waals surface area (Å²) in [5, 5.41) is 12.0. The monoisotopic (exact) mass is 265 g/mol. The van der Waals surface area contributed by atoms with Crippen molar-refractivity contribution in [3.05, 3.63) is 35.2 Å². The average molecular weight is 266 g/mol. The second-order valence-electron chi connectivity index (χ2n) is 4.20. The lowest BCUT2D eigenvalue weighted by Crippen LogP contribution is -2.24. The van der Waals surface area contributed by atoms with Crippen molar-refractivity contribution >= 4 is 11.6 Å². The van der Waals surface area contributed by atoms with Crippen molar-refractivity contribution in [1.82, 2.24) is 15.5 Å². The second-order valence-corrected chi connectivity index (χ2v) is 4.63. The number of hydrogen-bond acceptors (Lipinski definition) is 4. The van der Waals surface area contributed by atoms with Gasteiger partial charge in [0.2, 0.25) is 11.8 Å². The van der Waals surface area contributed by atoms with E-state index in [1.807, 2.05) is 12.1 Å². The van der Waals surface area contributed by atoms with Crippen molar-refractivity contribution in [1.29, 1.82) is 0 Å². The summed E-state index contributed by atoms with van der Waals surface area (Å²) < 4.78 is 5.58. The lowest BCUT2D eigenvalue weighted by atomic mass is 10.2. The lowest BCUT2D eigenvalue weighted by molar-refractivity contribution is 0.444. The summed E-state index contributed by atoms with van der Waals surface area (Å²) in [4.78, 5) is 0. The van der Waals surface area contributed by atoms with Crippen LogP contribution in [0.15, 0.2) is 28.7 Å². The largest absolute Gasteiger partial charge is 0.419 e. The van der Waals surface area contributed by atoms with Crippen molar-refractivity contribution in [3.8, 4) is 11.5 Å². The molecular formula is C13H16ClN3O. The van der Waals surface area contributed by atoms with Crippen LogP contribution in [0.4, 0.5) is 0 Å². The fraction of sp³-hybridized carbons (Fsp3) is 0.385. The molecule has 1 aromatic carbocycles. The van der Waals surface area contributed by atoms with Crippen molar-refractivity contribution < 1.29 is 4.42 Å². The van der Waals surface area contributed by atoms with Crippen LogP contribution in [0, 0.1) is 0 Å². The van der Waals surface area contributed by atoms with E-state index in [1.165, 1.54) is 0 Å². The Bertz CT molecular complexity index is 495. The third-order valence-electron chi connectivity index (χ3n) is 2.77. The van der Waals surface area contributed by atoms with E-state index >= 15 is 0 Å². The van der Waals surface area contributed by atoms with E-state index in [0.29, 0.717) is 29.4 Å². The van der Waals surface area contributed by atoms with Crippen molar-refractivity contribution in [2.75, 3.05) is 0 Å². The zero-order valence-electron chi connectivity index (χ0n) is 10.5. The maximum absolute atomic E-state index is 5.83. The Morgan fingerprint density at radius 1 is 1.28 bits per heavy atom. The van der Waals surface area contributed by atoms with Gasteiger partial charge in [-0.3, -0.25) is 0 Å². The quantitative estimate of drug-likeness (QED) is 0.901. The molecule has 0 aliphatic carbocycles. The average Bonchev–Trinajstić information content (AvgIpc) is 2.85. The second kappa shape index (κ2) is 5.98. The van der Waals surface area contributed by atoms with Gasteiger partial charge in [0.25, 0.3) is 0 Å². The number of aromatic nitrogens is 2. The van der Waals surface area contributed by atoms with Crippen molar-refractivity contribution in [2.24, 2.45) is 0 Å². The molecule has 5 heteroatoms. The van der Waals surface area contributed by atoms with Crippen LogP contribution in [0.3, 0.4) is 0 Å². The molecule has 2 rings (SSSR count). The van der Waals surface area contributed by atoms with Crippen LogP contribution in [0.5, 0.6) is 0 Å². The molecule has 0 spiro atoms. The molecule has 1 aromatic heterocycles. The predicted molar refractivity (Wildman–Crippen MR) is 71.3 cm³/mol. The Morgan fingerprint density at radius 2 is 2.00 bits per heavy atom. The van der Waals surface area contributed by atoms with E-state index in [9.17, 15) is 0 Å². The van der Waals surface area contributed by atoms with E-state index in [2.05, 4.69) is 29.4 Å². The first-order chi connectivity index (χ1) is 8.69. The maximum atomic E-state index is 5.83.